The van der Waals surface area contributed by atoms with E-state index in [-0.39, 0.29) is 5.95 Å². The number of anilines is 1. The Morgan fingerprint density at radius 3 is 2.72 bits per heavy atom. The number of methoxy groups -OCH3 is 1. The molecule has 0 radical (unpaired) electrons. The molecule has 8 heteroatoms. The molecule has 0 bridgehead atoms. The number of nitrogens with zero attached hydrogens (tertiary/aromatic N) is 4. The lowest BCUT2D eigenvalue weighted by atomic mass is 10.2. The van der Waals surface area contributed by atoms with Gasteiger partial charge in [-0.05, 0) is 18.2 Å². The molecule has 0 spiro atoms. The predicted octanol–water partition coefficient (Wildman–Crippen LogP) is 2.72. The van der Waals surface area contributed by atoms with Crippen LogP contribution in [0.15, 0.2) is 59.8 Å². The summed E-state index contributed by atoms with van der Waals surface area (Å²) in [5, 5.41) is 0. The van der Waals surface area contributed by atoms with Crippen molar-refractivity contribution >= 4 is 17.3 Å². The van der Waals surface area contributed by atoms with Crippen molar-refractivity contribution in [3.05, 3.63) is 60.4 Å². The Morgan fingerprint density at radius 2 is 1.96 bits per heavy atom. The molecule has 7 nitrogen and oxygen atoms in total. The Bertz CT molecular complexity index is 894. The zero-order chi connectivity index (χ0) is 17.2. The van der Waals surface area contributed by atoms with E-state index < -0.39 is 11.4 Å². The van der Waals surface area contributed by atoms with Crippen LogP contribution in [0.4, 0.5) is 5.95 Å². The molecule has 0 saturated carbocycles. The van der Waals surface area contributed by atoms with Gasteiger partial charge < -0.3 is 14.0 Å². The molecule has 1 aromatic carbocycles. The summed E-state index contributed by atoms with van der Waals surface area (Å²) >= 11 is -1.37. The summed E-state index contributed by atoms with van der Waals surface area (Å²) in [7, 11) is 1.51. The van der Waals surface area contributed by atoms with Crippen LogP contribution in [0, 0.1) is 0 Å². The smallest absolute Gasteiger partial charge is 0.275 e. The van der Waals surface area contributed by atoms with E-state index in [9.17, 15) is 4.55 Å². The molecule has 1 unspecified atom stereocenters. The number of rotatable bonds is 4. The van der Waals surface area contributed by atoms with Gasteiger partial charge >= 0.3 is 0 Å². The number of ether oxygens (including phenoxy) is 2. The number of benzene rings is 1. The third-order valence-corrected chi connectivity index (χ3v) is 5.10. The molecule has 1 aliphatic heterocycles. The number of pyridine rings is 1. The van der Waals surface area contributed by atoms with Gasteiger partial charge in [0, 0.05) is 11.8 Å². The highest BCUT2D eigenvalue weighted by Crippen LogP contribution is 2.34. The van der Waals surface area contributed by atoms with E-state index in [4.69, 9.17) is 9.47 Å². The molecule has 126 valence electrons. The van der Waals surface area contributed by atoms with Gasteiger partial charge in [0.25, 0.3) is 5.95 Å². The molecule has 1 aliphatic rings. The first kappa shape index (κ1) is 15.7. The number of hydrogen-bond donors (Lipinski definition) is 0. The van der Waals surface area contributed by atoms with E-state index in [0.29, 0.717) is 24.1 Å². The lowest BCUT2D eigenvalue weighted by Gasteiger charge is -2.17. The van der Waals surface area contributed by atoms with Gasteiger partial charge in [-0.3, -0.25) is 4.98 Å². The van der Waals surface area contributed by atoms with Crippen LogP contribution < -0.4 is 13.8 Å². The highest BCUT2D eigenvalue weighted by atomic mass is 32.2. The van der Waals surface area contributed by atoms with Crippen LogP contribution in [-0.4, -0.2) is 26.6 Å². The monoisotopic (exact) mass is 354 g/mol. The van der Waals surface area contributed by atoms with E-state index in [2.05, 4.69) is 15.0 Å². The minimum absolute atomic E-state index is 0.285. The van der Waals surface area contributed by atoms with Crippen LogP contribution in [0.2, 0.25) is 0 Å². The molecule has 4 rings (SSSR count). The highest BCUT2D eigenvalue weighted by molar-refractivity contribution is 7.93. The Hall–Kier alpha value is -2.84. The first-order valence-electron chi connectivity index (χ1n) is 7.53. The minimum atomic E-state index is -1.37. The molecular formula is C17H14N4O3S. The van der Waals surface area contributed by atoms with E-state index >= 15 is 0 Å². The van der Waals surface area contributed by atoms with Crippen molar-refractivity contribution in [3.8, 4) is 17.5 Å². The first-order chi connectivity index (χ1) is 12.2. The molecule has 0 fully saturated rings. The van der Waals surface area contributed by atoms with Crippen molar-refractivity contribution in [1.29, 1.82) is 0 Å². The molecule has 1 atom stereocenters. The van der Waals surface area contributed by atoms with Crippen LogP contribution in [-0.2, 0) is 17.9 Å². The zero-order valence-electron chi connectivity index (χ0n) is 13.3. The van der Waals surface area contributed by atoms with Crippen molar-refractivity contribution < 1.29 is 14.0 Å². The molecule has 0 saturated heterocycles. The quantitative estimate of drug-likeness (QED) is 0.666. The molecule has 2 aromatic heterocycles. The van der Waals surface area contributed by atoms with Crippen molar-refractivity contribution in [3.63, 3.8) is 0 Å². The molecule has 25 heavy (non-hydrogen) atoms. The van der Waals surface area contributed by atoms with Crippen molar-refractivity contribution in [2.24, 2.45) is 0 Å². The fourth-order valence-corrected chi connectivity index (χ4v) is 3.75. The van der Waals surface area contributed by atoms with Crippen molar-refractivity contribution in [2.75, 3.05) is 11.4 Å². The fourth-order valence-electron chi connectivity index (χ4n) is 2.47. The number of fused-ring (bicyclic) bond motifs is 1. The molecule has 3 aromatic rings. The second kappa shape index (κ2) is 6.58. The average molecular weight is 354 g/mol. The second-order valence-corrected chi connectivity index (χ2v) is 6.61. The summed E-state index contributed by atoms with van der Waals surface area (Å²) in [6.45, 7) is 0.461. The Balaban J connectivity index is 1.67. The summed E-state index contributed by atoms with van der Waals surface area (Å²) in [5.41, 5.74) is 0.988. The number of aromatic nitrogens is 3. The maximum atomic E-state index is 12.7. The van der Waals surface area contributed by atoms with E-state index in [1.54, 1.807) is 34.9 Å². The van der Waals surface area contributed by atoms with Gasteiger partial charge in [-0.2, -0.15) is 9.97 Å². The molecule has 0 N–H and O–H groups in total. The van der Waals surface area contributed by atoms with Crippen LogP contribution >= 0.6 is 0 Å². The normalized spacial score (nSPS) is 15.8. The topological polar surface area (TPSA) is 83.4 Å². The predicted molar refractivity (Wildman–Crippen MR) is 91.9 cm³/mol. The van der Waals surface area contributed by atoms with Crippen molar-refractivity contribution in [2.45, 2.75) is 11.4 Å². The third kappa shape index (κ3) is 3.09. The number of hydrogen-bond acceptors (Lipinski definition) is 7. The lowest BCUT2D eigenvalue weighted by Crippen LogP contribution is -2.26. The molecule has 3 heterocycles. The van der Waals surface area contributed by atoms with Crippen LogP contribution in [0.5, 0.6) is 17.5 Å². The highest BCUT2D eigenvalue weighted by Gasteiger charge is 2.36. The van der Waals surface area contributed by atoms with Crippen LogP contribution in [0.25, 0.3) is 0 Å². The van der Waals surface area contributed by atoms with E-state index in [1.807, 2.05) is 24.3 Å². The molecule has 0 aliphatic carbocycles. The van der Waals surface area contributed by atoms with Crippen molar-refractivity contribution in [1.82, 2.24) is 15.0 Å². The Labute approximate surface area is 147 Å². The SMILES string of the molecule is COc1cc(Oc2cccnc2)nc(N2Cc3ccccc3[S+]2[O-])n1. The lowest BCUT2D eigenvalue weighted by molar-refractivity contribution is 0.388. The van der Waals surface area contributed by atoms with Gasteiger partial charge in [0.1, 0.15) is 17.1 Å². The zero-order valence-corrected chi connectivity index (χ0v) is 14.1. The fraction of sp³-hybridized carbons (Fsp3) is 0.118. The van der Waals surface area contributed by atoms with Gasteiger partial charge in [-0.1, -0.05) is 18.2 Å². The van der Waals surface area contributed by atoms with Crippen LogP contribution in [0.1, 0.15) is 5.56 Å². The van der Waals surface area contributed by atoms with Gasteiger partial charge in [-0.25, -0.2) is 0 Å². The van der Waals surface area contributed by atoms with E-state index in [1.165, 1.54) is 7.11 Å². The Kier molecular flexibility index (Phi) is 4.12. The van der Waals surface area contributed by atoms with Gasteiger partial charge in [-0.15, -0.1) is 4.31 Å². The Morgan fingerprint density at radius 1 is 1.12 bits per heavy atom. The van der Waals surface area contributed by atoms with Gasteiger partial charge in [0.15, 0.2) is 4.90 Å². The third-order valence-electron chi connectivity index (χ3n) is 3.63. The molecule has 0 amide bonds. The summed E-state index contributed by atoms with van der Waals surface area (Å²) in [4.78, 5) is 13.5. The van der Waals surface area contributed by atoms with E-state index in [0.717, 1.165) is 10.5 Å². The summed E-state index contributed by atoms with van der Waals surface area (Å²) in [6, 6.07) is 12.7. The summed E-state index contributed by atoms with van der Waals surface area (Å²) < 4.78 is 25.3. The van der Waals surface area contributed by atoms with Crippen LogP contribution in [0.3, 0.4) is 0 Å². The first-order valence-corrected chi connectivity index (χ1v) is 8.63. The van der Waals surface area contributed by atoms with Gasteiger partial charge in [0.05, 0.1) is 25.9 Å². The summed E-state index contributed by atoms with van der Waals surface area (Å²) in [5.74, 6) is 1.45. The average Bonchev–Trinajstić information content (AvgIpc) is 2.99. The second-order valence-electron chi connectivity index (χ2n) is 5.23. The minimum Gasteiger partial charge on any atom is -0.588 e. The maximum Gasteiger partial charge on any atom is 0.275 e. The largest absolute Gasteiger partial charge is 0.588 e. The standard InChI is InChI=1S/C17H14N4O3S/c1-23-15-9-16(24-13-6-4-8-18-10-13)20-17(19-15)21-11-12-5-2-3-7-14(12)25(21)22/h2-10H,11H2,1H3. The maximum absolute atomic E-state index is 12.7. The summed E-state index contributed by atoms with van der Waals surface area (Å²) in [6.07, 6.45) is 3.24. The van der Waals surface area contributed by atoms with Gasteiger partial charge in [0.2, 0.25) is 11.8 Å². The molecular weight excluding hydrogens is 340 g/mol.